The molecule has 5 rings (SSSR count). The number of aliphatic hydroxyl groups excluding tert-OH is 1. The van der Waals surface area contributed by atoms with Gasteiger partial charge in [-0.3, -0.25) is 24.5 Å². The summed E-state index contributed by atoms with van der Waals surface area (Å²) in [6.45, 7) is 5.81. The van der Waals surface area contributed by atoms with E-state index in [0.29, 0.717) is 11.3 Å². The van der Waals surface area contributed by atoms with Crippen LogP contribution in [0.3, 0.4) is 0 Å². The van der Waals surface area contributed by atoms with E-state index < -0.39 is 58.3 Å². The molecule has 1 aliphatic rings. The summed E-state index contributed by atoms with van der Waals surface area (Å²) in [5.74, 6) is -2.24. The molecule has 242 valence electrons. The normalized spacial score (nSPS) is 16.7. The zero-order valence-corrected chi connectivity index (χ0v) is 25.7. The van der Waals surface area contributed by atoms with E-state index in [0.717, 1.165) is 21.6 Å². The molecule has 13 nitrogen and oxygen atoms in total. The van der Waals surface area contributed by atoms with Gasteiger partial charge >= 0.3 is 17.3 Å². The SMILES string of the molecule is COc1cccc(F)c1-c1nc2c(cc1F)c(N1C[C@@H](C)N(C(=O)O)C[C@@H]1CO)c([N+](=O)[O-])c(=O)n2-c1c(C)ccnc1C(C)C. The van der Waals surface area contributed by atoms with E-state index in [1.165, 1.54) is 30.3 Å². The van der Waals surface area contributed by atoms with Crippen LogP contribution in [0.15, 0.2) is 41.3 Å². The molecule has 1 aromatic carbocycles. The summed E-state index contributed by atoms with van der Waals surface area (Å²) in [6.07, 6.45) is 0.270. The van der Waals surface area contributed by atoms with Gasteiger partial charge in [-0.25, -0.2) is 18.6 Å². The predicted molar refractivity (Wildman–Crippen MR) is 165 cm³/mol. The van der Waals surface area contributed by atoms with Crippen LogP contribution in [0.5, 0.6) is 5.75 Å². The average molecular weight is 639 g/mol. The molecule has 0 aliphatic carbocycles. The molecule has 4 aromatic rings. The summed E-state index contributed by atoms with van der Waals surface area (Å²) in [5.41, 5.74) is -2.37. The van der Waals surface area contributed by atoms with Crippen molar-refractivity contribution in [2.75, 3.05) is 31.7 Å². The number of aryl methyl sites for hydroxylation is 1. The maximum absolute atomic E-state index is 16.2. The summed E-state index contributed by atoms with van der Waals surface area (Å²) >= 11 is 0. The van der Waals surface area contributed by atoms with Crippen LogP contribution in [0.25, 0.3) is 28.0 Å². The summed E-state index contributed by atoms with van der Waals surface area (Å²) < 4.78 is 37.8. The van der Waals surface area contributed by atoms with Crippen molar-refractivity contribution < 1.29 is 33.4 Å². The Morgan fingerprint density at radius 2 is 1.91 bits per heavy atom. The number of aromatic nitrogens is 3. The van der Waals surface area contributed by atoms with Gasteiger partial charge in [-0.05, 0) is 49.6 Å². The summed E-state index contributed by atoms with van der Waals surface area (Å²) in [7, 11) is 1.27. The number of carboxylic acid groups (broad SMARTS) is 1. The minimum absolute atomic E-state index is 0.0406. The topological polar surface area (TPSA) is 164 Å². The number of hydrogen-bond donors (Lipinski definition) is 2. The number of anilines is 1. The monoisotopic (exact) mass is 638 g/mol. The number of hydrogen-bond acceptors (Lipinski definition) is 9. The molecule has 2 N–H and O–H groups in total. The number of aliphatic hydroxyl groups is 1. The van der Waals surface area contributed by atoms with E-state index in [4.69, 9.17) is 4.74 Å². The van der Waals surface area contributed by atoms with Crippen molar-refractivity contribution in [1.82, 2.24) is 19.4 Å². The van der Waals surface area contributed by atoms with Gasteiger partial charge in [0.25, 0.3) is 0 Å². The fourth-order valence-electron chi connectivity index (χ4n) is 6.02. The molecular weight excluding hydrogens is 606 g/mol. The first kappa shape index (κ1) is 32.2. The molecule has 46 heavy (non-hydrogen) atoms. The summed E-state index contributed by atoms with van der Waals surface area (Å²) in [4.78, 5) is 49.6. The number of rotatable bonds is 7. The number of carbonyl (C=O) groups is 1. The third-order valence-corrected chi connectivity index (χ3v) is 8.18. The number of benzene rings is 1. The van der Waals surface area contributed by atoms with Crippen LogP contribution in [0.4, 0.5) is 25.0 Å². The standard InChI is InChI=1S/C31H32F2N6O7/c1-15(2)24-26(16(3)9-10-34-24)38-29-19(11-21(33)25(35-29)23-20(32)7-6-8-22(23)46-5)27(28(30(38)41)39(44)45)37-12-17(4)36(31(42)43)13-18(37)14-40/h6-11,15,17-18,40H,12-14H2,1-5H3,(H,42,43)/t17-,18-/m1/s1. The first-order chi connectivity index (χ1) is 21.8. The van der Waals surface area contributed by atoms with E-state index in [9.17, 15) is 29.9 Å². The Bertz CT molecular complexity index is 1930. The van der Waals surface area contributed by atoms with Gasteiger partial charge in [0.2, 0.25) is 0 Å². The number of pyridine rings is 3. The molecule has 0 saturated carbocycles. The number of fused-ring (bicyclic) bond motifs is 1. The third-order valence-electron chi connectivity index (χ3n) is 8.18. The van der Waals surface area contributed by atoms with Gasteiger partial charge in [-0.1, -0.05) is 19.9 Å². The number of ether oxygens (including phenoxy) is 1. The molecule has 15 heteroatoms. The Hall–Kier alpha value is -5.18. The number of piperazine rings is 1. The second kappa shape index (κ2) is 12.3. The molecular formula is C31H32F2N6O7. The van der Waals surface area contributed by atoms with Gasteiger partial charge in [-0.15, -0.1) is 0 Å². The minimum Gasteiger partial charge on any atom is -0.496 e. The Balaban J connectivity index is 1.99. The van der Waals surface area contributed by atoms with Crippen molar-refractivity contribution in [2.45, 2.75) is 45.7 Å². The first-order valence-corrected chi connectivity index (χ1v) is 14.4. The molecule has 1 saturated heterocycles. The van der Waals surface area contributed by atoms with Crippen LogP contribution >= 0.6 is 0 Å². The van der Waals surface area contributed by atoms with Crippen molar-refractivity contribution in [3.05, 3.63) is 79.9 Å². The second-order valence-electron chi connectivity index (χ2n) is 11.4. The van der Waals surface area contributed by atoms with Crippen molar-refractivity contribution in [3.63, 3.8) is 0 Å². The molecule has 1 aliphatic heterocycles. The molecule has 0 spiro atoms. The van der Waals surface area contributed by atoms with E-state index in [1.54, 1.807) is 19.9 Å². The molecule has 3 aromatic heterocycles. The van der Waals surface area contributed by atoms with Crippen LogP contribution in [-0.2, 0) is 0 Å². The largest absolute Gasteiger partial charge is 0.496 e. The average Bonchev–Trinajstić information content (AvgIpc) is 3.00. The highest BCUT2D eigenvalue weighted by Gasteiger charge is 2.40. The zero-order chi connectivity index (χ0) is 33.6. The molecule has 0 radical (unpaired) electrons. The lowest BCUT2D eigenvalue weighted by Crippen LogP contribution is -2.60. The highest BCUT2D eigenvalue weighted by molar-refractivity contribution is 5.97. The highest BCUT2D eigenvalue weighted by Crippen LogP contribution is 2.41. The lowest BCUT2D eigenvalue weighted by atomic mass is 10.0. The van der Waals surface area contributed by atoms with E-state index in [-0.39, 0.29) is 52.7 Å². The van der Waals surface area contributed by atoms with Crippen molar-refractivity contribution in [2.24, 2.45) is 0 Å². The van der Waals surface area contributed by atoms with Gasteiger partial charge in [0.1, 0.15) is 22.9 Å². The quantitative estimate of drug-likeness (QED) is 0.216. The van der Waals surface area contributed by atoms with Crippen molar-refractivity contribution in [3.8, 4) is 22.7 Å². The predicted octanol–water partition coefficient (Wildman–Crippen LogP) is 4.62. The van der Waals surface area contributed by atoms with Gasteiger partial charge in [0.15, 0.2) is 11.5 Å². The van der Waals surface area contributed by atoms with Crippen LogP contribution in [0, 0.1) is 28.7 Å². The van der Waals surface area contributed by atoms with Crippen molar-refractivity contribution >= 4 is 28.5 Å². The van der Waals surface area contributed by atoms with Crippen LogP contribution in [-0.4, -0.2) is 79.6 Å². The summed E-state index contributed by atoms with van der Waals surface area (Å²) in [6, 6.07) is 4.65. The van der Waals surface area contributed by atoms with Crippen molar-refractivity contribution in [1.29, 1.82) is 0 Å². The molecule has 4 heterocycles. The number of nitrogens with zero attached hydrogens (tertiary/aromatic N) is 6. The number of amides is 1. The van der Waals surface area contributed by atoms with E-state index in [2.05, 4.69) is 9.97 Å². The molecule has 1 amide bonds. The van der Waals surface area contributed by atoms with Crippen LogP contribution < -0.4 is 15.2 Å². The molecule has 2 atom stereocenters. The highest BCUT2D eigenvalue weighted by atomic mass is 19.1. The van der Waals surface area contributed by atoms with Crippen LogP contribution in [0.2, 0.25) is 0 Å². The lowest BCUT2D eigenvalue weighted by molar-refractivity contribution is -0.385. The Morgan fingerprint density at radius 1 is 1.20 bits per heavy atom. The van der Waals surface area contributed by atoms with Gasteiger partial charge < -0.3 is 24.7 Å². The maximum Gasteiger partial charge on any atom is 0.407 e. The smallest absolute Gasteiger partial charge is 0.407 e. The Kier molecular flexibility index (Phi) is 8.62. The number of nitro groups is 1. The third kappa shape index (κ3) is 5.25. The number of methoxy groups -OCH3 is 1. The van der Waals surface area contributed by atoms with Gasteiger partial charge in [0, 0.05) is 25.3 Å². The first-order valence-electron chi connectivity index (χ1n) is 14.4. The molecule has 1 fully saturated rings. The van der Waals surface area contributed by atoms with Crippen LogP contribution in [0.1, 0.15) is 37.9 Å². The molecule has 0 bridgehead atoms. The Labute approximate surface area is 261 Å². The zero-order valence-electron chi connectivity index (χ0n) is 25.7. The fourth-order valence-corrected chi connectivity index (χ4v) is 6.02. The number of halogens is 2. The van der Waals surface area contributed by atoms with Gasteiger partial charge in [0.05, 0.1) is 47.0 Å². The maximum atomic E-state index is 16.2. The minimum atomic E-state index is -1.26. The lowest BCUT2D eigenvalue weighted by Gasteiger charge is -2.44. The van der Waals surface area contributed by atoms with Gasteiger partial charge in [-0.2, -0.15) is 0 Å². The van der Waals surface area contributed by atoms with E-state index >= 15 is 8.78 Å². The molecule has 0 unspecified atom stereocenters. The summed E-state index contributed by atoms with van der Waals surface area (Å²) in [5, 5.41) is 32.6. The van der Waals surface area contributed by atoms with E-state index in [1.807, 2.05) is 13.8 Å². The fraction of sp³-hybridized carbons (Fsp3) is 0.355. The second-order valence-corrected chi connectivity index (χ2v) is 11.4. The Morgan fingerprint density at radius 3 is 2.52 bits per heavy atom.